The third-order valence-corrected chi connectivity index (χ3v) is 11.5. The fraction of sp³-hybridized carbons (Fsp3) is 0.122. The first-order valence-corrected chi connectivity index (χ1v) is 18.9. The topological polar surface area (TPSA) is 27.7 Å². The molecule has 2 aliphatic carbocycles. The molecule has 4 nitrogen and oxygen atoms in total. The zero-order valence-electron chi connectivity index (χ0n) is 29.9. The van der Waals surface area contributed by atoms with E-state index in [1.54, 1.807) is 0 Å². The standard InChI is InChI=1S/C49H38N4/c1-31-13-9-16-34(27-31)52-46-29-40-38-20-5-8-25-45(38)53(47(40)30-41(46)39-21-10-14-32(2)49(39)52)48-26-12-22-42(50-48)33-15-11-17-35(28-33)51-43-23-6-3-18-36(43)37-19-4-7-24-44(37)51/h3-12,15-32H,13-14H2,1-2H3. The molecule has 2 unspecified atom stereocenters. The summed E-state index contributed by atoms with van der Waals surface area (Å²) in [6.45, 7) is 4.69. The van der Waals surface area contributed by atoms with E-state index in [9.17, 15) is 0 Å². The van der Waals surface area contributed by atoms with Gasteiger partial charge in [0.15, 0.2) is 0 Å². The van der Waals surface area contributed by atoms with Gasteiger partial charge in [0, 0.05) is 61.1 Å². The first kappa shape index (κ1) is 30.3. The summed E-state index contributed by atoms with van der Waals surface area (Å²) in [7, 11) is 0. The van der Waals surface area contributed by atoms with Gasteiger partial charge in [0.2, 0.25) is 0 Å². The van der Waals surface area contributed by atoms with Crippen LogP contribution >= 0.6 is 0 Å². The maximum atomic E-state index is 5.42. The molecule has 0 radical (unpaired) electrons. The van der Waals surface area contributed by atoms with Crippen LogP contribution in [0.4, 0.5) is 0 Å². The smallest absolute Gasteiger partial charge is 0.138 e. The Labute approximate surface area is 308 Å². The molecule has 0 saturated heterocycles. The highest BCUT2D eigenvalue weighted by molar-refractivity contribution is 6.15. The number of hydrogen-bond donors (Lipinski definition) is 0. The zero-order chi connectivity index (χ0) is 35.2. The molecule has 53 heavy (non-hydrogen) atoms. The molecule has 4 aromatic heterocycles. The molecule has 0 saturated carbocycles. The summed E-state index contributed by atoms with van der Waals surface area (Å²) in [6.07, 6.45) is 14.0. The van der Waals surface area contributed by atoms with E-state index in [1.807, 2.05) is 0 Å². The predicted molar refractivity (Wildman–Crippen MR) is 223 cm³/mol. The number of rotatable bonds is 4. The Morgan fingerprint density at radius 1 is 0.528 bits per heavy atom. The summed E-state index contributed by atoms with van der Waals surface area (Å²) in [5.41, 5.74) is 13.2. The van der Waals surface area contributed by atoms with Gasteiger partial charge in [-0.2, -0.15) is 0 Å². The van der Waals surface area contributed by atoms with E-state index in [4.69, 9.17) is 4.98 Å². The lowest BCUT2D eigenvalue weighted by atomic mass is 9.93. The second-order valence-corrected chi connectivity index (χ2v) is 14.9. The summed E-state index contributed by atoms with van der Waals surface area (Å²) < 4.78 is 7.30. The maximum Gasteiger partial charge on any atom is 0.138 e. The van der Waals surface area contributed by atoms with Crippen LogP contribution in [0.3, 0.4) is 0 Å². The van der Waals surface area contributed by atoms with E-state index < -0.39 is 0 Å². The van der Waals surface area contributed by atoms with Gasteiger partial charge < -0.3 is 9.13 Å². The van der Waals surface area contributed by atoms with Crippen LogP contribution in [-0.2, 0) is 0 Å². The number of hydrogen-bond acceptors (Lipinski definition) is 1. The Balaban J connectivity index is 1.11. The third kappa shape index (κ3) is 4.51. The second-order valence-electron chi connectivity index (χ2n) is 14.9. The van der Waals surface area contributed by atoms with E-state index in [-0.39, 0.29) is 0 Å². The molecule has 254 valence electrons. The van der Waals surface area contributed by atoms with E-state index in [0.29, 0.717) is 11.8 Å². The van der Waals surface area contributed by atoms with Crippen molar-refractivity contribution in [1.82, 2.24) is 18.7 Å². The van der Waals surface area contributed by atoms with Crippen molar-refractivity contribution in [2.24, 2.45) is 5.92 Å². The highest BCUT2D eigenvalue weighted by atomic mass is 15.1. The SMILES string of the molecule is CC1C=C(n2c3c(c4cc5c(cc42)c2ccccc2n5-c2cccc(-c4cccc(-n5c6ccccc6c6ccccc65)c4)n2)C=CCC3C)C=CC1. The van der Waals surface area contributed by atoms with Gasteiger partial charge in [-0.25, -0.2) is 4.98 Å². The lowest BCUT2D eigenvalue weighted by Crippen LogP contribution is -2.09. The van der Waals surface area contributed by atoms with Crippen LogP contribution in [0, 0.1) is 5.92 Å². The monoisotopic (exact) mass is 682 g/mol. The molecule has 0 amide bonds. The van der Waals surface area contributed by atoms with E-state index in [2.05, 4.69) is 185 Å². The molecule has 0 spiro atoms. The van der Waals surface area contributed by atoms with Crippen LogP contribution in [0.1, 0.15) is 43.9 Å². The van der Waals surface area contributed by atoms with Crippen molar-refractivity contribution in [2.75, 3.05) is 0 Å². The Morgan fingerprint density at radius 3 is 1.92 bits per heavy atom. The minimum Gasteiger partial charge on any atom is -0.313 e. The fourth-order valence-electron chi connectivity index (χ4n) is 9.16. The van der Waals surface area contributed by atoms with Gasteiger partial charge in [0.25, 0.3) is 0 Å². The van der Waals surface area contributed by atoms with E-state index >= 15 is 0 Å². The molecule has 4 heterocycles. The van der Waals surface area contributed by atoms with Crippen molar-refractivity contribution < 1.29 is 0 Å². The highest BCUT2D eigenvalue weighted by Gasteiger charge is 2.26. The molecule has 0 N–H and O–H groups in total. The summed E-state index contributed by atoms with van der Waals surface area (Å²) in [4.78, 5) is 5.42. The Morgan fingerprint density at radius 2 is 1.17 bits per heavy atom. The summed E-state index contributed by atoms with van der Waals surface area (Å²) in [5, 5.41) is 6.30. The van der Waals surface area contributed by atoms with Gasteiger partial charge in [-0.3, -0.25) is 4.57 Å². The highest BCUT2D eigenvalue weighted by Crippen LogP contribution is 2.44. The summed E-state index contributed by atoms with van der Waals surface area (Å²) in [6, 6.07) is 46.3. The second kappa shape index (κ2) is 11.6. The minimum atomic E-state index is 0.434. The summed E-state index contributed by atoms with van der Waals surface area (Å²) >= 11 is 0. The number of fused-ring (bicyclic) bond motifs is 9. The molecule has 11 rings (SSSR count). The van der Waals surface area contributed by atoms with Gasteiger partial charge in [-0.05, 0) is 79.4 Å². The zero-order valence-corrected chi connectivity index (χ0v) is 29.9. The molecular weight excluding hydrogens is 645 g/mol. The molecule has 9 aromatic rings. The van der Waals surface area contributed by atoms with Crippen molar-refractivity contribution in [3.8, 4) is 22.8 Å². The fourth-order valence-corrected chi connectivity index (χ4v) is 9.16. The van der Waals surface area contributed by atoms with Crippen molar-refractivity contribution in [3.05, 3.63) is 163 Å². The molecular formula is C49H38N4. The van der Waals surface area contributed by atoms with Crippen LogP contribution in [0.25, 0.3) is 89.1 Å². The number of pyridine rings is 1. The number of para-hydroxylation sites is 3. The largest absolute Gasteiger partial charge is 0.313 e. The average molecular weight is 683 g/mol. The summed E-state index contributed by atoms with van der Waals surface area (Å²) in [5.74, 6) is 1.87. The van der Waals surface area contributed by atoms with Gasteiger partial charge in [-0.1, -0.05) is 111 Å². The van der Waals surface area contributed by atoms with E-state index in [1.165, 1.54) is 66.0 Å². The minimum absolute atomic E-state index is 0.434. The first-order chi connectivity index (χ1) is 26.1. The van der Waals surface area contributed by atoms with Gasteiger partial charge >= 0.3 is 0 Å². The Hall–Kier alpha value is -6.39. The van der Waals surface area contributed by atoms with Crippen molar-refractivity contribution in [1.29, 1.82) is 0 Å². The average Bonchev–Trinajstić information content (AvgIpc) is 3.83. The molecule has 2 atom stereocenters. The first-order valence-electron chi connectivity index (χ1n) is 18.9. The van der Waals surface area contributed by atoms with Crippen molar-refractivity contribution in [2.45, 2.75) is 32.6 Å². The molecule has 0 fully saturated rings. The lowest BCUT2D eigenvalue weighted by molar-refractivity contribution is 0.710. The number of benzene rings is 5. The molecule has 0 bridgehead atoms. The molecule has 2 aliphatic rings. The third-order valence-electron chi connectivity index (χ3n) is 11.5. The predicted octanol–water partition coefficient (Wildman–Crippen LogP) is 12.9. The van der Waals surface area contributed by atoms with Crippen LogP contribution in [0.2, 0.25) is 0 Å². The van der Waals surface area contributed by atoms with Gasteiger partial charge in [0.1, 0.15) is 5.82 Å². The Kier molecular flexibility index (Phi) is 6.60. The molecule has 5 aromatic carbocycles. The van der Waals surface area contributed by atoms with Crippen LogP contribution in [0.5, 0.6) is 0 Å². The Bertz CT molecular complexity index is 3000. The molecule has 4 heteroatoms. The van der Waals surface area contributed by atoms with Crippen LogP contribution < -0.4 is 0 Å². The maximum absolute atomic E-state index is 5.42. The van der Waals surface area contributed by atoms with Gasteiger partial charge in [-0.15, -0.1) is 0 Å². The number of allylic oxidation sites excluding steroid dienone is 5. The van der Waals surface area contributed by atoms with Crippen LogP contribution in [0.15, 0.2) is 152 Å². The number of aromatic nitrogens is 4. The van der Waals surface area contributed by atoms with Crippen LogP contribution in [-0.4, -0.2) is 18.7 Å². The molecule has 0 aliphatic heterocycles. The van der Waals surface area contributed by atoms with Gasteiger partial charge in [0.05, 0.1) is 33.3 Å². The lowest BCUT2D eigenvalue weighted by Gasteiger charge is -2.22. The van der Waals surface area contributed by atoms with E-state index in [0.717, 1.165) is 41.1 Å². The van der Waals surface area contributed by atoms with Crippen molar-refractivity contribution in [3.63, 3.8) is 0 Å². The number of nitrogens with zero attached hydrogens (tertiary/aromatic N) is 4. The quantitative estimate of drug-likeness (QED) is 0.182. The van der Waals surface area contributed by atoms with Crippen molar-refractivity contribution >= 4 is 66.3 Å². The normalized spacial score (nSPS) is 17.1.